The molecule has 6 nitrogen and oxygen atoms in total. The Hall–Kier alpha value is -1.96. The Bertz CT molecular complexity index is 779. The second kappa shape index (κ2) is 6.87. The molecule has 0 aliphatic rings. The summed E-state index contributed by atoms with van der Waals surface area (Å²) in [5.41, 5.74) is 0.924. The molecule has 0 radical (unpaired) electrons. The molecule has 0 fully saturated rings. The number of hydrogen-bond acceptors (Lipinski definition) is 4. The zero-order chi connectivity index (χ0) is 16.2. The molecule has 8 heteroatoms. The van der Waals surface area contributed by atoms with Gasteiger partial charge < -0.3 is 5.32 Å². The van der Waals surface area contributed by atoms with Crippen molar-refractivity contribution in [1.29, 1.82) is 0 Å². The van der Waals surface area contributed by atoms with Crippen LogP contribution in [0.25, 0.3) is 0 Å². The lowest BCUT2D eigenvalue weighted by molar-refractivity contribution is 0.0951. The molecule has 0 saturated carbocycles. The van der Waals surface area contributed by atoms with Crippen LogP contribution in [0.5, 0.6) is 0 Å². The van der Waals surface area contributed by atoms with Crippen LogP contribution in [-0.4, -0.2) is 26.4 Å². The van der Waals surface area contributed by atoms with Gasteiger partial charge in [0.25, 0.3) is 5.91 Å². The lowest BCUT2D eigenvalue weighted by Gasteiger charge is -2.09. The van der Waals surface area contributed by atoms with Crippen molar-refractivity contribution in [2.45, 2.75) is 11.4 Å². The molecule has 0 saturated heterocycles. The Morgan fingerprint density at radius 2 is 2.09 bits per heavy atom. The zero-order valence-corrected chi connectivity index (χ0v) is 13.3. The zero-order valence-electron chi connectivity index (χ0n) is 11.7. The fourth-order valence-electron chi connectivity index (χ4n) is 1.74. The first-order valence-corrected chi connectivity index (χ1v) is 8.20. The van der Waals surface area contributed by atoms with E-state index in [0.717, 1.165) is 5.56 Å². The van der Waals surface area contributed by atoms with Crippen LogP contribution in [0, 0.1) is 0 Å². The van der Waals surface area contributed by atoms with Gasteiger partial charge in [0.2, 0.25) is 10.0 Å². The molecule has 0 aliphatic carbocycles. The van der Waals surface area contributed by atoms with E-state index in [2.05, 4.69) is 15.0 Å². The van der Waals surface area contributed by atoms with Gasteiger partial charge in [0, 0.05) is 18.9 Å². The third kappa shape index (κ3) is 3.82. The van der Waals surface area contributed by atoms with E-state index in [1.165, 1.54) is 25.2 Å². The van der Waals surface area contributed by atoms with Gasteiger partial charge in [-0.15, -0.1) is 0 Å². The molecule has 1 aromatic heterocycles. The van der Waals surface area contributed by atoms with Crippen molar-refractivity contribution in [2.75, 3.05) is 7.05 Å². The number of carbonyl (C=O) groups is 1. The number of sulfonamides is 1. The van der Waals surface area contributed by atoms with Crippen molar-refractivity contribution in [3.05, 3.63) is 58.9 Å². The highest BCUT2D eigenvalue weighted by atomic mass is 35.5. The minimum atomic E-state index is -3.64. The number of benzene rings is 1. The van der Waals surface area contributed by atoms with E-state index < -0.39 is 15.9 Å². The van der Waals surface area contributed by atoms with E-state index in [1.807, 2.05) is 6.07 Å². The second-order valence-corrected chi connectivity index (χ2v) is 6.69. The monoisotopic (exact) mass is 339 g/mol. The average Bonchev–Trinajstić information content (AvgIpc) is 2.53. The molecule has 2 aromatic rings. The van der Waals surface area contributed by atoms with Crippen LogP contribution < -0.4 is 10.0 Å². The Morgan fingerprint density at radius 3 is 2.73 bits per heavy atom. The number of carbonyl (C=O) groups excluding carboxylic acids is 1. The Labute approximate surface area is 133 Å². The highest BCUT2D eigenvalue weighted by molar-refractivity contribution is 7.89. The summed E-state index contributed by atoms with van der Waals surface area (Å²) in [6.45, 7) is 0.270. The van der Waals surface area contributed by atoms with Crippen LogP contribution >= 0.6 is 11.6 Å². The molecule has 1 amide bonds. The number of rotatable bonds is 5. The smallest absolute Gasteiger partial charge is 0.253 e. The van der Waals surface area contributed by atoms with Crippen LogP contribution in [0.1, 0.15) is 15.9 Å². The molecule has 116 valence electrons. The second-order valence-electron chi connectivity index (χ2n) is 4.39. The first-order valence-electron chi connectivity index (χ1n) is 6.34. The Balaban J connectivity index is 2.20. The van der Waals surface area contributed by atoms with Crippen LogP contribution in [-0.2, 0) is 16.6 Å². The summed E-state index contributed by atoms with van der Waals surface area (Å²) in [5.74, 6) is -0.456. The van der Waals surface area contributed by atoms with E-state index in [0.29, 0.717) is 0 Å². The largest absolute Gasteiger partial charge is 0.348 e. The molecule has 0 atom stereocenters. The number of aromatic nitrogens is 1. The molecule has 0 unspecified atom stereocenters. The topological polar surface area (TPSA) is 88.2 Å². The molecular formula is C14H14ClN3O3S. The molecule has 0 spiro atoms. The van der Waals surface area contributed by atoms with E-state index in [1.54, 1.807) is 18.5 Å². The highest BCUT2D eigenvalue weighted by Crippen LogP contribution is 2.20. The maximum Gasteiger partial charge on any atom is 0.253 e. The summed E-state index contributed by atoms with van der Waals surface area (Å²) in [6, 6.07) is 7.54. The molecule has 0 bridgehead atoms. The third-order valence-corrected chi connectivity index (χ3v) is 4.68. The van der Waals surface area contributed by atoms with Crippen LogP contribution in [0.15, 0.2) is 47.6 Å². The molecule has 0 aliphatic heterocycles. The highest BCUT2D eigenvalue weighted by Gasteiger charge is 2.17. The van der Waals surface area contributed by atoms with Gasteiger partial charge in [0.05, 0.1) is 15.5 Å². The number of amides is 1. The Kier molecular flexibility index (Phi) is 5.12. The molecular weight excluding hydrogens is 326 g/mol. The van der Waals surface area contributed by atoms with Crippen LogP contribution in [0.3, 0.4) is 0 Å². The van der Waals surface area contributed by atoms with Gasteiger partial charge in [-0.1, -0.05) is 17.7 Å². The number of nitrogens with zero attached hydrogens (tertiary/aromatic N) is 1. The van der Waals surface area contributed by atoms with E-state index in [4.69, 9.17) is 11.6 Å². The average molecular weight is 340 g/mol. The first-order chi connectivity index (χ1) is 10.4. The normalized spacial score (nSPS) is 11.2. The number of pyridine rings is 1. The minimum absolute atomic E-state index is 0.0223. The van der Waals surface area contributed by atoms with E-state index in [-0.39, 0.29) is 22.0 Å². The number of hydrogen-bond donors (Lipinski definition) is 2. The summed E-state index contributed by atoms with van der Waals surface area (Å²) < 4.78 is 25.7. The summed E-state index contributed by atoms with van der Waals surface area (Å²) in [7, 11) is -2.34. The molecule has 22 heavy (non-hydrogen) atoms. The van der Waals surface area contributed by atoms with Gasteiger partial charge >= 0.3 is 0 Å². The Morgan fingerprint density at radius 1 is 1.32 bits per heavy atom. The van der Waals surface area contributed by atoms with Gasteiger partial charge in [-0.05, 0) is 36.9 Å². The van der Waals surface area contributed by atoms with E-state index >= 15 is 0 Å². The van der Waals surface area contributed by atoms with Crippen molar-refractivity contribution in [3.63, 3.8) is 0 Å². The van der Waals surface area contributed by atoms with Gasteiger partial charge in [0.15, 0.2) is 0 Å². The predicted octanol–water partition coefficient (Wildman–Crippen LogP) is 1.57. The van der Waals surface area contributed by atoms with Gasteiger partial charge in [-0.25, -0.2) is 13.1 Å². The van der Waals surface area contributed by atoms with Crippen molar-refractivity contribution >= 4 is 27.5 Å². The molecule has 2 rings (SSSR count). The number of halogens is 1. The van der Waals surface area contributed by atoms with Crippen molar-refractivity contribution in [3.8, 4) is 0 Å². The third-order valence-electron chi connectivity index (χ3n) is 2.94. The number of nitrogens with one attached hydrogen (secondary N) is 2. The molecule has 2 N–H and O–H groups in total. The minimum Gasteiger partial charge on any atom is -0.348 e. The fourth-order valence-corrected chi connectivity index (χ4v) is 2.70. The molecule has 1 aromatic carbocycles. The summed E-state index contributed by atoms with van der Waals surface area (Å²) in [5, 5.41) is 2.85. The SMILES string of the molecule is CNS(=O)(=O)c1ccc(Cl)c(C(=O)NCc2cccnc2)c1. The van der Waals surface area contributed by atoms with Gasteiger partial charge in [-0.3, -0.25) is 9.78 Å². The summed E-state index contributed by atoms with van der Waals surface area (Å²) in [4.78, 5) is 16.1. The van der Waals surface area contributed by atoms with Crippen molar-refractivity contribution in [2.24, 2.45) is 0 Å². The lowest BCUT2D eigenvalue weighted by atomic mass is 10.2. The lowest BCUT2D eigenvalue weighted by Crippen LogP contribution is -2.24. The maximum atomic E-state index is 12.2. The van der Waals surface area contributed by atoms with Gasteiger partial charge in [-0.2, -0.15) is 0 Å². The predicted molar refractivity (Wildman–Crippen MR) is 83.1 cm³/mol. The van der Waals surface area contributed by atoms with Crippen LogP contribution in [0.4, 0.5) is 0 Å². The molecule has 1 heterocycles. The van der Waals surface area contributed by atoms with Gasteiger partial charge in [0.1, 0.15) is 0 Å². The summed E-state index contributed by atoms with van der Waals surface area (Å²) in [6.07, 6.45) is 3.26. The van der Waals surface area contributed by atoms with Crippen molar-refractivity contribution < 1.29 is 13.2 Å². The quantitative estimate of drug-likeness (QED) is 0.865. The van der Waals surface area contributed by atoms with Crippen LogP contribution in [0.2, 0.25) is 5.02 Å². The maximum absolute atomic E-state index is 12.2. The van der Waals surface area contributed by atoms with Crippen molar-refractivity contribution in [1.82, 2.24) is 15.0 Å². The van der Waals surface area contributed by atoms with E-state index in [9.17, 15) is 13.2 Å². The fraction of sp³-hybridized carbons (Fsp3) is 0.143. The standard InChI is InChI=1S/C14H14ClN3O3S/c1-16-22(20,21)11-4-5-13(15)12(7-11)14(19)18-9-10-3-2-6-17-8-10/h2-8,16H,9H2,1H3,(H,18,19). The summed E-state index contributed by atoms with van der Waals surface area (Å²) >= 11 is 5.98. The first kappa shape index (κ1) is 16.4.